The lowest BCUT2D eigenvalue weighted by Crippen LogP contribution is -2.36. The molecule has 0 fully saturated rings. The van der Waals surface area contributed by atoms with E-state index in [4.69, 9.17) is 4.74 Å². The Morgan fingerprint density at radius 2 is 1.95 bits per heavy atom. The highest BCUT2D eigenvalue weighted by Crippen LogP contribution is 1.98. The molecule has 0 aliphatic heterocycles. The van der Waals surface area contributed by atoms with Crippen molar-refractivity contribution in [3.05, 3.63) is 23.8 Å². The van der Waals surface area contributed by atoms with Crippen molar-refractivity contribution in [3.8, 4) is 0 Å². The van der Waals surface area contributed by atoms with E-state index >= 15 is 0 Å². The standard InChI is InChI=1S/C13H19N3O3/c1-4-10(5-2)16-12(17)8-19-13(18)11-7-14-9(3)6-15-11/h6-7,10H,4-5,8H2,1-3H3,(H,16,17). The van der Waals surface area contributed by atoms with Crippen molar-refractivity contribution in [1.82, 2.24) is 15.3 Å². The average Bonchev–Trinajstić information content (AvgIpc) is 2.43. The summed E-state index contributed by atoms with van der Waals surface area (Å²) < 4.78 is 4.87. The molecule has 1 rings (SSSR count). The number of aryl methyl sites for hydroxylation is 1. The minimum absolute atomic E-state index is 0.0981. The fraction of sp³-hybridized carbons (Fsp3) is 0.538. The molecule has 0 unspecified atom stereocenters. The molecule has 1 heterocycles. The number of hydrogen-bond donors (Lipinski definition) is 1. The van der Waals surface area contributed by atoms with Gasteiger partial charge in [-0.2, -0.15) is 0 Å². The predicted molar refractivity (Wildman–Crippen MR) is 69.6 cm³/mol. The maximum absolute atomic E-state index is 11.6. The molecule has 1 aromatic rings. The Labute approximate surface area is 112 Å². The van der Waals surface area contributed by atoms with E-state index in [0.29, 0.717) is 5.69 Å². The maximum Gasteiger partial charge on any atom is 0.359 e. The molecule has 0 saturated carbocycles. The van der Waals surface area contributed by atoms with Crippen molar-refractivity contribution in [2.75, 3.05) is 6.61 Å². The smallest absolute Gasteiger partial charge is 0.359 e. The van der Waals surface area contributed by atoms with Gasteiger partial charge in [-0.3, -0.25) is 9.78 Å². The topological polar surface area (TPSA) is 81.2 Å². The number of carbonyl (C=O) groups is 2. The molecular formula is C13H19N3O3. The Bertz CT molecular complexity index is 427. The minimum Gasteiger partial charge on any atom is -0.451 e. The van der Waals surface area contributed by atoms with Crippen LogP contribution in [0.3, 0.4) is 0 Å². The van der Waals surface area contributed by atoms with Gasteiger partial charge in [-0.25, -0.2) is 9.78 Å². The van der Waals surface area contributed by atoms with E-state index in [1.54, 1.807) is 6.92 Å². The van der Waals surface area contributed by atoms with Gasteiger partial charge in [-0.15, -0.1) is 0 Å². The molecule has 0 aromatic carbocycles. The first-order chi connectivity index (χ1) is 9.06. The van der Waals surface area contributed by atoms with E-state index in [1.165, 1.54) is 12.4 Å². The van der Waals surface area contributed by atoms with Crippen molar-refractivity contribution in [1.29, 1.82) is 0 Å². The van der Waals surface area contributed by atoms with Crippen LogP contribution in [-0.4, -0.2) is 34.5 Å². The van der Waals surface area contributed by atoms with Gasteiger partial charge in [0.05, 0.1) is 11.9 Å². The summed E-state index contributed by atoms with van der Waals surface area (Å²) in [5.74, 6) is -0.950. The van der Waals surface area contributed by atoms with E-state index in [1.807, 2.05) is 13.8 Å². The zero-order valence-corrected chi connectivity index (χ0v) is 11.5. The molecule has 1 aromatic heterocycles. The molecule has 0 atom stereocenters. The SMILES string of the molecule is CCC(CC)NC(=O)COC(=O)c1cnc(C)cn1. The fourth-order valence-electron chi connectivity index (χ4n) is 1.47. The zero-order chi connectivity index (χ0) is 14.3. The second kappa shape index (κ2) is 7.45. The van der Waals surface area contributed by atoms with E-state index in [0.717, 1.165) is 12.8 Å². The molecule has 104 valence electrons. The maximum atomic E-state index is 11.6. The highest BCUT2D eigenvalue weighted by atomic mass is 16.5. The largest absolute Gasteiger partial charge is 0.451 e. The fourth-order valence-corrected chi connectivity index (χ4v) is 1.47. The van der Waals surface area contributed by atoms with Gasteiger partial charge in [-0.05, 0) is 19.8 Å². The van der Waals surface area contributed by atoms with Crippen LogP contribution in [-0.2, 0) is 9.53 Å². The summed E-state index contributed by atoms with van der Waals surface area (Å²) in [6.45, 7) is 5.45. The molecule has 0 saturated heterocycles. The van der Waals surface area contributed by atoms with Crippen molar-refractivity contribution < 1.29 is 14.3 Å². The summed E-state index contributed by atoms with van der Waals surface area (Å²) in [6, 6.07) is 0.116. The number of amides is 1. The van der Waals surface area contributed by atoms with Crippen LogP contribution in [0.15, 0.2) is 12.4 Å². The molecule has 0 spiro atoms. The molecule has 1 amide bonds. The predicted octanol–water partition coefficient (Wildman–Crippen LogP) is 1.25. The monoisotopic (exact) mass is 265 g/mol. The highest BCUT2D eigenvalue weighted by molar-refractivity contribution is 5.89. The van der Waals surface area contributed by atoms with Gasteiger partial charge in [0.2, 0.25) is 0 Å². The van der Waals surface area contributed by atoms with Gasteiger partial charge in [0.1, 0.15) is 0 Å². The second-order valence-electron chi connectivity index (χ2n) is 4.20. The van der Waals surface area contributed by atoms with Crippen LogP contribution < -0.4 is 5.32 Å². The van der Waals surface area contributed by atoms with Gasteiger partial charge >= 0.3 is 5.97 Å². The highest BCUT2D eigenvalue weighted by Gasteiger charge is 2.13. The van der Waals surface area contributed by atoms with Crippen LogP contribution >= 0.6 is 0 Å². The molecule has 1 N–H and O–H groups in total. The number of esters is 1. The molecular weight excluding hydrogens is 246 g/mol. The third-order valence-corrected chi connectivity index (χ3v) is 2.68. The molecule has 19 heavy (non-hydrogen) atoms. The Morgan fingerprint density at radius 1 is 1.26 bits per heavy atom. The summed E-state index contributed by atoms with van der Waals surface area (Å²) in [6.07, 6.45) is 4.50. The number of carbonyl (C=O) groups excluding carboxylic acids is 2. The van der Waals surface area contributed by atoms with E-state index in [2.05, 4.69) is 15.3 Å². The first kappa shape index (κ1) is 15.1. The number of hydrogen-bond acceptors (Lipinski definition) is 5. The van der Waals surface area contributed by atoms with Gasteiger partial charge in [0.25, 0.3) is 5.91 Å². The van der Waals surface area contributed by atoms with E-state index < -0.39 is 5.97 Å². The van der Waals surface area contributed by atoms with Crippen LogP contribution in [0.1, 0.15) is 42.9 Å². The van der Waals surface area contributed by atoms with Crippen molar-refractivity contribution in [2.24, 2.45) is 0 Å². The summed E-state index contributed by atoms with van der Waals surface area (Å²) >= 11 is 0. The quantitative estimate of drug-likeness (QED) is 0.783. The summed E-state index contributed by atoms with van der Waals surface area (Å²) in [4.78, 5) is 30.9. The van der Waals surface area contributed by atoms with Crippen LogP contribution in [0.25, 0.3) is 0 Å². The third-order valence-electron chi connectivity index (χ3n) is 2.68. The summed E-state index contributed by atoms with van der Waals surface area (Å²) in [5, 5.41) is 2.78. The summed E-state index contributed by atoms with van der Waals surface area (Å²) in [7, 11) is 0. The molecule has 6 nitrogen and oxygen atoms in total. The lowest BCUT2D eigenvalue weighted by molar-refractivity contribution is -0.125. The lowest BCUT2D eigenvalue weighted by Gasteiger charge is -2.14. The average molecular weight is 265 g/mol. The summed E-state index contributed by atoms with van der Waals surface area (Å²) in [5.41, 5.74) is 0.809. The second-order valence-corrected chi connectivity index (χ2v) is 4.20. The molecule has 6 heteroatoms. The van der Waals surface area contributed by atoms with Gasteiger partial charge < -0.3 is 10.1 Å². The first-order valence-electron chi connectivity index (χ1n) is 6.31. The normalized spacial score (nSPS) is 10.3. The van der Waals surface area contributed by atoms with Crippen LogP contribution in [0, 0.1) is 6.92 Å². The lowest BCUT2D eigenvalue weighted by atomic mass is 10.2. The van der Waals surface area contributed by atoms with E-state index in [-0.39, 0.29) is 24.2 Å². The van der Waals surface area contributed by atoms with Crippen molar-refractivity contribution in [2.45, 2.75) is 39.7 Å². The molecule has 0 radical (unpaired) electrons. The Balaban J connectivity index is 2.41. The zero-order valence-electron chi connectivity index (χ0n) is 11.5. The number of aromatic nitrogens is 2. The third kappa shape index (κ3) is 5.03. The molecule has 0 bridgehead atoms. The van der Waals surface area contributed by atoms with Crippen molar-refractivity contribution in [3.63, 3.8) is 0 Å². The van der Waals surface area contributed by atoms with Gasteiger partial charge in [0, 0.05) is 12.2 Å². The minimum atomic E-state index is -0.646. The Hall–Kier alpha value is -1.98. The molecule has 0 aliphatic carbocycles. The van der Waals surface area contributed by atoms with Crippen LogP contribution in [0.5, 0.6) is 0 Å². The Kier molecular flexibility index (Phi) is 5.92. The first-order valence-corrected chi connectivity index (χ1v) is 6.31. The van der Waals surface area contributed by atoms with Crippen LogP contribution in [0.2, 0.25) is 0 Å². The van der Waals surface area contributed by atoms with Crippen molar-refractivity contribution >= 4 is 11.9 Å². The molecule has 0 aliphatic rings. The van der Waals surface area contributed by atoms with E-state index in [9.17, 15) is 9.59 Å². The number of nitrogens with zero attached hydrogens (tertiary/aromatic N) is 2. The van der Waals surface area contributed by atoms with Gasteiger partial charge in [-0.1, -0.05) is 13.8 Å². The number of nitrogens with one attached hydrogen (secondary N) is 1. The van der Waals surface area contributed by atoms with Gasteiger partial charge in [0.15, 0.2) is 12.3 Å². The Morgan fingerprint density at radius 3 is 2.47 bits per heavy atom. The number of ether oxygens (including phenoxy) is 1. The van der Waals surface area contributed by atoms with Crippen LogP contribution in [0.4, 0.5) is 0 Å². The number of rotatable bonds is 6.